The van der Waals surface area contributed by atoms with Crippen LogP contribution in [0, 0.1) is 5.41 Å². The number of carbonyl (C=O) groups excluding carboxylic acids is 2. The highest BCUT2D eigenvalue weighted by Crippen LogP contribution is 2.41. The third kappa shape index (κ3) is 3.37. The maximum absolute atomic E-state index is 12.9. The molecule has 1 N–H and O–H groups in total. The van der Waals surface area contributed by atoms with Crippen LogP contribution in [-0.4, -0.2) is 54.6 Å². The van der Waals surface area contributed by atoms with Crippen LogP contribution in [0.1, 0.15) is 37.6 Å². The van der Waals surface area contributed by atoms with Crippen molar-refractivity contribution in [1.29, 1.82) is 0 Å². The number of hydrogen-bond donors (Lipinski definition) is 1. The molecule has 2 rings (SSSR count). The fourth-order valence-corrected chi connectivity index (χ4v) is 2.60. The molecule has 0 fully saturated rings. The molecule has 0 radical (unpaired) electrons. The van der Waals surface area contributed by atoms with Gasteiger partial charge >= 0.3 is 5.97 Å². The molecule has 0 bridgehead atoms. The molecule has 25 heavy (non-hydrogen) atoms. The van der Waals surface area contributed by atoms with Gasteiger partial charge < -0.3 is 14.7 Å². The molecule has 7 heteroatoms. The van der Waals surface area contributed by atoms with Gasteiger partial charge in [-0.1, -0.05) is 20.8 Å². The lowest BCUT2D eigenvalue weighted by molar-refractivity contribution is -0.144. The number of esters is 1. The smallest absolute Gasteiger partial charge is 0.354 e. The maximum atomic E-state index is 12.9. The minimum absolute atomic E-state index is 0.0261. The summed E-state index contributed by atoms with van der Waals surface area (Å²) in [6, 6.07) is 6.97. The van der Waals surface area contributed by atoms with E-state index in [1.54, 1.807) is 32.9 Å². The van der Waals surface area contributed by atoms with E-state index in [1.165, 1.54) is 7.11 Å². The molecule has 0 saturated carbocycles. The van der Waals surface area contributed by atoms with Crippen molar-refractivity contribution in [2.75, 3.05) is 26.1 Å². The van der Waals surface area contributed by atoms with Crippen molar-refractivity contribution in [3.8, 4) is 0 Å². The minimum Gasteiger partial charge on any atom is -0.464 e. The summed E-state index contributed by atoms with van der Waals surface area (Å²) in [5.74, 6) is -1.12. The first-order valence-corrected chi connectivity index (χ1v) is 8.01. The van der Waals surface area contributed by atoms with Gasteiger partial charge in [-0.05, 0) is 24.3 Å². The molecule has 1 aromatic carbocycles. The standard InChI is InChI=1S/C18H25N3O4/c1-17(2,3)18(24)11-14(16(23)25-6)19-21(18)15(22)12-7-9-13(10-8-12)20(4)5/h7-10,24H,11H2,1-6H3. The van der Waals surface area contributed by atoms with Crippen molar-refractivity contribution in [3.05, 3.63) is 29.8 Å². The summed E-state index contributed by atoms with van der Waals surface area (Å²) in [5.41, 5.74) is -0.983. The Balaban J connectivity index is 2.42. The van der Waals surface area contributed by atoms with E-state index in [4.69, 9.17) is 4.74 Å². The summed E-state index contributed by atoms with van der Waals surface area (Å²) in [6.45, 7) is 5.37. The van der Waals surface area contributed by atoms with Gasteiger partial charge in [0.2, 0.25) is 0 Å². The average molecular weight is 347 g/mol. The molecule has 1 unspecified atom stereocenters. The minimum atomic E-state index is -1.62. The van der Waals surface area contributed by atoms with Crippen molar-refractivity contribution in [2.24, 2.45) is 10.5 Å². The number of hydrazone groups is 1. The number of ether oxygens (including phenoxy) is 1. The fourth-order valence-electron chi connectivity index (χ4n) is 2.60. The summed E-state index contributed by atoms with van der Waals surface area (Å²) in [7, 11) is 5.05. The number of hydrogen-bond acceptors (Lipinski definition) is 6. The topological polar surface area (TPSA) is 82.4 Å². The van der Waals surface area contributed by atoms with E-state index in [2.05, 4.69) is 5.10 Å². The number of anilines is 1. The Labute approximate surface area is 147 Å². The third-order valence-electron chi connectivity index (χ3n) is 4.43. The molecule has 1 aromatic rings. The average Bonchev–Trinajstić information content (AvgIpc) is 2.92. The van der Waals surface area contributed by atoms with E-state index < -0.39 is 23.0 Å². The molecule has 136 valence electrons. The van der Waals surface area contributed by atoms with Gasteiger partial charge in [0, 0.05) is 37.2 Å². The first-order valence-electron chi connectivity index (χ1n) is 8.01. The number of benzene rings is 1. The lowest BCUT2D eigenvalue weighted by atomic mass is 9.80. The second-order valence-electron chi connectivity index (χ2n) is 7.34. The molecule has 1 amide bonds. The summed E-state index contributed by atoms with van der Waals surface area (Å²) < 4.78 is 4.69. The molecule has 0 spiro atoms. The van der Waals surface area contributed by atoms with Crippen LogP contribution in [0.2, 0.25) is 0 Å². The maximum Gasteiger partial charge on any atom is 0.354 e. The van der Waals surface area contributed by atoms with Crippen molar-refractivity contribution in [2.45, 2.75) is 32.9 Å². The van der Waals surface area contributed by atoms with Gasteiger partial charge in [-0.15, -0.1) is 0 Å². The SMILES string of the molecule is COC(=O)C1=NN(C(=O)c2ccc(N(C)C)cc2)C(O)(C(C)(C)C)C1. The molecule has 1 aliphatic rings. The molecule has 1 aliphatic heterocycles. The highest BCUT2D eigenvalue weighted by atomic mass is 16.5. The number of amides is 1. The Kier molecular flexibility index (Phi) is 4.90. The third-order valence-corrected chi connectivity index (χ3v) is 4.43. The van der Waals surface area contributed by atoms with E-state index in [1.807, 2.05) is 31.1 Å². The van der Waals surface area contributed by atoms with Crippen LogP contribution >= 0.6 is 0 Å². The second-order valence-corrected chi connectivity index (χ2v) is 7.34. The molecule has 7 nitrogen and oxygen atoms in total. The molecule has 1 heterocycles. The number of carbonyl (C=O) groups is 2. The van der Waals surface area contributed by atoms with E-state index in [0.29, 0.717) is 5.56 Å². The zero-order valence-corrected chi connectivity index (χ0v) is 15.5. The van der Waals surface area contributed by atoms with Crippen LogP contribution in [0.4, 0.5) is 5.69 Å². The Hall–Kier alpha value is -2.41. The zero-order chi connectivity index (χ0) is 19.0. The van der Waals surface area contributed by atoms with Crippen LogP contribution < -0.4 is 4.90 Å². The van der Waals surface area contributed by atoms with E-state index in [0.717, 1.165) is 10.7 Å². The summed E-state index contributed by atoms with van der Waals surface area (Å²) in [4.78, 5) is 26.7. The van der Waals surface area contributed by atoms with Crippen molar-refractivity contribution in [1.82, 2.24) is 5.01 Å². The van der Waals surface area contributed by atoms with E-state index >= 15 is 0 Å². The normalized spacial score (nSPS) is 20.3. The van der Waals surface area contributed by atoms with Gasteiger partial charge in [0.25, 0.3) is 5.91 Å². The number of aliphatic hydroxyl groups is 1. The molecule has 1 atom stereocenters. The largest absolute Gasteiger partial charge is 0.464 e. The Bertz CT molecular complexity index is 704. The quantitative estimate of drug-likeness (QED) is 0.844. The fraction of sp³-hybridized carbons (Fsp3) is 0.500. The van der Waals surface area contributed by atoms with Crippen LogP contribution in [0.5, 0.6) is 0 Å². The Morgan fingerprint density at radius 2 is 1.80 bits per heavy atom. The van der Waals surface area contributed by atoms with Crippen LogP contribution in [0.15, 0.2) is 29.4 Å². The lowest BCUT2D eigenvalue weighted by Gasteiger charge is -2.41. The van der Waals surface area contributed by atoms with Gasteiger partial charge in [-0.2, -0.15) is 10.1 Å². The van der Waals surface area contributed by atoms with E-state index in [9.17, 15) is 14.7 Å². The van der Waals surface area contributed by atoms with E-state index in [-0.39, 0.29) is 12.1 Å². The number of nitrogens with zero attached hydrogens (tertiary/aromatic N) is 3. The van der Waals surface area contributed by atoms with Crippen LogP contribution in [0.25, 0.3) is 0 Å². The molecule has 0 aromatic heterocycles. The molecule has 0 aliphatic carbocycles. The molecule has 0 saturated heterocycles. The lowest BCUT2D eigenvalue weighted by Crippen LogP contribution is -2.55. The first kappa shape index (κ1) is 18.9. The zero-order valence-electron chi connectivity index (χ0n) is 15.5. The van der Waals surface area contributed by atoms with Gasteiger partial charge in [-0.3, -0.25) is 4.79 Å². The second kappa shape index (κ2) is 6.48. The summed E-state index contributed by atoms with van der Waals surface area (Å²) >= 11 is 0. The number of methoxy groups -OCH3 is 1. The van der Waals surface area contributed by atoms with Gasteiger partial charge in [-0.25, -0.2) is 4.79 Å². The predicted molar refractivity (Wildman–Crippen MR) is 95.4 cm³/mol. The van der Waals surface area contributed by atoms with Gasteiger partial charge in [0.05, 0.1) is 7.11 Å². The van der Waals surface area contributed by atoms with Crippen molar-refractivity contribution >= 4 is 23.3 Å². The first-order chi connectivity index (χ1) is 11.5. The highest BCUT2D eigenvalue weighted by molar-refractivity contribution is 6.37. The highest BCUT2D eigenvalue weighted by Gasteiger charge is 2.54. The van der Waals surface area contributed by atoms with Gasteiger partial charge in [0.15, 0.2) is 11.4 Å². The molecular formula is C18H25N3O4. The summed E-state index contributed by atoms with van der Waals surface area (Å²) in [5, 5.41) is 16.2. The number of rotatable bonds is 3. The van der Waals surface area contributed by atoms with Crippen molar-refractivity contribution < 1.29 is 19.4 Å². The summed E-state index contributed by atoms with van der Waals surface area (Å²) in [6.07, 6.45) is -0.0787. The Morgan fingerprint density at radius 1 is 1.24 bits per heavy atom. The van der Waals surface area contributed by atoms with Crippen molar-refractivity contribution in [3.63, 3.8) is 0 Å². The Morgan fingerprint density at radius 3 is 2.24 bits per heavy atom. The van der Waals surface area contributed by atoms with Gasteiger partial charge in [0.1, 0.15) is 0 Å². The van der Waals surface area contributed by atoms with Crippen LogP contribution in [0.3, 0.4) is 0 Å². The van der Waals surface area contributed by atoms with Crippen LogP contribution in [-0.2, 0) is 9.53 Å². The predicted octanol–water partition coefficient (Wildman–Crippen LogP) is 1.86. The molecular weight excluding hydrogens is 322 g/mol. The monoisotopic (exact) mass is 347 g/mol.